The maximum Gasteiger partial charge on any atom is 0.223 e. The Morgan fingerprint density at radius 2 is 2.23 bits per heavy atom. The van der Waals surface area contributed by atoms with Crippen molar-refractivity contribution in [3.63, 3.8) is 0 Å². The van der Waals surface area contributed by atoms with Crippen LogP contribution in [0.5, 0.6) is 11.5 Å². The molecular weight excluding hydrogens is 348 g/mol. The largest absolute Gasteiger partial charge is 0.493 e. The molecule has 2 aromatic rings. The lowest BCUT2D eigenvalue weighted by atomic mass is 10.2. The Morgan fingerprint density at radius 3 is 2.88 bits per heavy atom. The number of ether oxygens (including phenoxy) is 2. The van der Waals surface area contributed by atoms with Crippen LogP contribution in [-0.4, -0.2) is 31.1 Å². The number of thiophene rings is 1. The highest BCUT2D eigenvalue weighted by atomic mass is 32.1. The topological polar surface area (TPSA) is 62.6 Å². The second-order valence-electron chi connectivity index (χ2n) is 5.57. The molecule has 0 atom stereocenters. The van der Waals surface area contributed by atoms with Gasteiger partial charge in [-0.3, -0.25) is 4.79 Å². The quantitative estimate of drug-likeness (QED) is 0.468. The van der Waals surface area contributed by atoms with Crippen LogP contribution in [0.4, 0.5) is 0 Å². The number of benzene rings is 1. The Kier molecular flexibility index (Phi) is 7.72. The van der Waals surface area contributed by atoms with E-state index in [2.05, 4.69) is 12.6 Å². The van der Waals surface area contributed by atoms with Crippen LogP contribution in [0.25, 0.3) is 0 Å². The molecule has 1 aromatic carbocycles. The van der Waals surface area contributed by atoms with E-state index in [1.165, 1.54) is 7.11 Å². The van der Waals surface area contributed by atoms with Crippen molar-refractivity contribution < 1.29 is 14.3 Å². The van der Waals surface area contributed by atoms with Crippen molar-refractivity contribution in [2.24, 2.45) is 0 Å². The van der Waals surface area contributed by atoms with Gasteiger partial charge in [-0.05, 0) is 30.0 Å². The van der Waals surface area contributed by atoms with Crippen molar-refractivity contribution in [3.05, 3.63) is 58.8 Å². The number of carbonyl (C=O) groups excluding carboxylic acids is 1. The summed E-state index contributed by atoms with van der Waals surface area (Å²) in [6.07, 6.45) is 2.74. The van der Waals surface area contributed by atoms with Gasteiger partial charge in [0.15, 0.2) is 11.5 Å². The minimum atomic E-state index is 0.0775. The Morgan fingerprint density at radius 1 is 1.38 bits per heavy atom. The molecule has 0 unspecified atom stereocenters. The zero-order valence-electron chi connectivity index (χ0n) is 14.8. The van der Waals surface area contributed by atoms with Gasteiger partial charge in [-0.15, -0.1) is 17.9 Å². The molecule has 6 heteroatoms. The Labute approximate surface area is 158 Å². The van der Waals surface area contributed by atoms with Gasteiger partial charge in [0.1, 0.15) is 0 Å². The molecule has 0 saturated carbocycles. The number of methoxy groups -OCH3 is 1. The summed E-state index contributed by atoms with van der Waals surface area (Å²) in [5.41, 5.74) is 0.512. The van der Waals surface area contributed by atoms with Gasteiger partial charge < -0.3 is 14.4 Å². The second kappa shape index (κ2) is 10.3. The number of nitrogens with zero attached hydrogens (tertiary/aromatic N) is 2. The molecule has 0 N–H and O–H groups in total. The van der Waals surface area contributed by atoms with Gasteiger partial charge in [0, 0.05) is 23.9 Å². The fourth-order valence-corrected chi connectivity index (χ4v) is 3.14. The molecule has 1 aromatic heterocycles. The third-order valence-electron chi connectivity index (χ3n) is 3.71. The Balaban J connectivity index is 1.83. The van der Waals surface area contributed by atoms with Crippen LogP contribution in [0.15, 0.2) is 48.4 Å². The predicted molar refractivity (Wildman–Crippen MR) is 102 cm³/mol. The van der Waals surface area contributed by atoms with E-state index in [9.17, 15) is 4.79 Å². The SMILES string of the molecule is C=CCN(Cc1cccs1)C(=O)CCCOc1ccc(C#N)cc1OC. The van der Waals surface area contributed by atoms with Crippen molar-refractivity contribution in [3.8, 4) is 17.6 Å². The third kappa shape index (κ3) is 5.64. The number of hydrogen-bond donors (Lipinski definition) is 0. The standard InChI is InChI=1S/C20H22N2O3S/c1-3-10-22(15-17-6-5-12-26-17)20(23)7-4-11-25-18-9-8-16(14-21)13-19(18)24-2/h3,5-6,8-9,12-13H,1,4,7,10-11,15H2,2H3. The van der Waals surface area contributed by atoms with E-state index in [4.69, 9.17) is 14.7 Å². The highest BCUT2D eigenvalue weighted by molar-refractivity contribution is 7.09. The number of carbonyl (C=O) groups is 1. The Bertz CT molecular complexity index is 766. The molecule has 0 aliphatic rings. The first-order valence-electron chi connectivity index (χ1n) is 8.30. The highest BCUT2D eigenvalue weighted by Crippen LogP contribution is 2.28. The summed E-state index contributed by atoms with van der Waals surface area (Å²) in [5, 5.41) is 10.9. The van der Waals surface area contributed by atoms with Crippen LogP contribution in [0, 0.1) is 11.3 Å². The lowest BCUT2D eigenvalue weighted by Crippen LogP contribution is -2.30. The van der Waals surface area contributed by atoms with E-state index < -0.39 is 0 Å². The summed E-state index contributed by atoms with van der Waals surface area (Å²) in [7, 11) is 1.53. The molecule has 0 fully saturated rings. The van der Waals surface area contributed by atoms with E-state index in [0.717, 1.165) is 4.88 Å². The lowest BCUT2D eigenvalue weighted by Gasteiger charge is -2.20. The number of amides is 1. The van der Waals surface area contributed by atoms with E-state index in [0.29, 0.717) is 49.6 Å². The van der Waals surface area contributed by atoms with Gasteiger partial charge in [0.2, 0.25) is 5.91 Å². The summed E-state index contributed by atoms with van der Waals surface area (Å²) in [4.78, 5) is 15.4. The lowest BCUT2D eigenvalue weighted by molar-refractivity contribution is -0.131. The first-order valence-corrected chi connectivity index (χ1v) is 9.18. The summed E-state index contributed by atoms with van der Waals surface area (Å²) in [6.45, 7) is 5.26. The van der Waals surface area contributed by atoms with Gasteiger partial charge in [-0.1, -0.05) is 12.1 Å². The molecular formula is C20H22N2O3S. The van der Waals surface area contributed by atoms with Crippen LogP contribution < -0.4 is 9.47 Å². The number of rotatable bonds is 10. The molecule has 0 saturated heterocycles. The molecule has 0 bridgehead atoms. The molecule has 5 nitrogen and oxygen atoms in total. The summed E-state index contributed by atoms with van der Waals surface area (Å²) in [6, 6.07) is 11.1. The van der Waals surface area contributed by atoms with Crippen molar-refractivity contribution in [2.75, 3.05) is 20.3 Å². The summed E-state index contributed by atoms with van der Waals surface area (Å²) >= 11 is 1.64. The fourth-order valence-electron chi connectivity index (χ4n) is 2.42. The molecule has 0 aliphatic heterocycles. The smallest absolute Gasteiger partial charge is 0.223 e. The molecule has 136 valence electrons. The van der Waals surface area contributed by atoms with Crippen molar-refractivity contribution in [1.82, 2.24) is 4.90 Å². The van der Waals surface area contributed by atoms with Crippen LogP contribution >= 0.6 is 11.3 Å². The molecule has 1 heterocycles. The van der Waals surface area contributed by atoms with Crippen LogP contribution in [0.3, 0.4) is 0 Å². The summed E-state index contributed by atoms with van der Waals surface area (Å²) < 4.78 is 10.9. The number of hydrogen-bond acceptors (Lipinski definition) is 5. The predicted octanol–water partition coefficient (Wildman–Crippen LogP) is 4.00. The van der Waals surface area contributed by atoms with E-state index in [1.54, 1.807) is 40.5 Å². The maximum absolute atomic E-state index is 12.4. The first-order chi connectivity index (χ1) is 12.7. The van der Waals surface area contributed by atoms with Gasteiger partial charge in [-0.25, -0.2) is 0 Å². The van der Waals surface area contributed by atoms with Gasteiger partial charge in [0.25, 0.3) is 0 Å². The minimum absolute atomic E-state index is 0.0775. The first kappa shape index (κ1) is 19.5. The van der Waals surface area contributed by atoms with E-state index >= 15 is 0 Å². The molecule has 26 heavy (non-hydrogen) atoms. The molecule has 1 amide bonds. The third-order valence-corrected chi connectivity index (χ3v) is 4.58. The van der Waals surface area contributed by atoms with E-state index in [-0.39, 0.29) is 5.91 Å². The van der Waals surface area contributed by atoms with Crippen molar-refractivity contribution >= 4 is 17.2 Å². The van der Waals surface area contributed by atoms with Gasteiger partial charge >= 0.3 is 0 Å². The normalized spacial score (nSPS) is 10.0. The fraction of sp³-hybridized carbons (Fsp3) is 0.300. The van der Waals surface area contributed by atoms with Gasteiger partial charge in [-0.2, -0.15) is 5.26 Å². The van der Waals surface area contributed by atoms with Crippen LogP contribution in [-0.2, 0) is 11.3 Å². The molecule has 0 aliphatic carbocycles. The second-order valence-corrected chi connectivity index (χ2v) is 6.60. The van der Waals surface area contributed by atoms with Crippen molar-refractivity contribution in [1.29, 1.82) is 5.26 Å². The number of nitriles is 1. The average Bonchev–Trinajstić information content (AvgIpc) is 3.17. The van der Waals surface area contributed by atoms with Crippen LogP contribution in [0.2, 0.25) is 0 Å². The zero-order valence-corrected chi connectivity index (χ0v) is 15.6. The van der Waals surface area contributed by atoms with E-state index in [1.807, 2.05) is 17.5 Å². The monoisotopic (exact) mass is 370 g/mol. The zero-order chi connectivity index (χ0) is 18.8. The Hall–Kier alpha value is -2.78. The minimum Gasteiger partial charge on any atom is -0.493 e. The average molecular weight is 370 g/mol. The summed E-state index contributed by atoms with van der Waals surface area (Å²) in [5.74, 6) is 1.16. The maximum atomic E-state index is 12.4. The van der Waals surface area contributed by atoms with Gasteiger partial charge in [0.05, 0.1) is 31.9 Å². The van der Waals surface area contributed by atoms with Crippen LogP contribution in [0.1, 0.15) is 23.3 Å². The molecule has 0 radical (unpaired) electrons. The van der Waals surface area contributed by atoms with Crippen molar-refractivity contribution in [2.45, 2.75) is 19.4 Å². The highest BCUT2D eigenvalue weighted by Gasteiger charge is 2.13. The molecule has 2 rings (SSSR count). The molecule has 0 spiro atoms.